The molecule has 0 spiro atoms. The second-order valence-corrected chi connectivity index (χ2v) is 4.51. The molecule has 0 radical (unpaired) electrons. The minimum absolute atomic E-state index is 1.04. The third-order valence-electron chi connectivity index (χ3n) is 3.42. The Morgan fingerprint density at radius 2 is 1.19 bits per heavy atom. The molecule has 0 aliphatic carbocycles. The molecular formula is C12H22N4. The molecule has 0 amide bonds. The molecule has 0 unspecified atom stereocenters. The van der Waals surface area contributed by atoms with Gasteiger partial charge >= 0.3 is 0 Å². The van der Waals surface area contributed by atoms with Gasteiger partial charge in [0, 0.05) is 39.3 Å². The molecule has 0 aromatic carbocycles. The molecule has 4 heteroatoms. The fraction of sp³-hybridized carbons (Fsp3) is 0.667. The van der Waals surface area contributed by atoms with Crippen molar-refractivity contribution < 1.29 is 0 Å². The van der Waals surface area contributed by atoms with E-state index >= 15 is 0 Å². The first-order chi connectivity index (χ1) is 7.81. The molecule has 0 saturated carbocycles. The van der Waals surface area contributed by atoms with Crippen LogP contribution in [0.3, 0.4) is 0 Å². The lowest BCUT2D eigenvalue weighted by Gasteiger charge is -2.21. The third-order valence-corrected chi connectivity index (χ3v) is 3.42. The summed E-state index contributed by atoms with van der Waals surface area (Å²) < 4.78 is 0. The topological polar surface area (TPSA) is 13.0 Å². The van der Waals surface area contributed by atoms with Gasteiger partial charge in [-0.05, 0) is 12.4 Å². The van der Waals surface area contributed by atoms with Crippen LogP contribution in [0.25, 0.3) is 0 Å². The normalized spacial score (nSPS) is 23.0. The van der Waals surface area contributed by atoms with E-state index in [1.165, 1.54) is 13.1 Å². The lowest BCUT2D eigenvalue weighted by molar-refractivity contribution is 0.223. The molecular weight excluding hydrogens is 200 g/mol. The highest BCUT2D eigenvalue weighted by atomic mass is 15.4. The van der Waals surface area contributed by atoms with Crippen LogP contribution in [0.4, 0.5) is 0 Å². The maximum Gasteiger partial charge on any atom is 0.0702 e. The zero-order valence-corrected chi connectivity index (χ0v) is 10.0. The van der Waals surface area contributed by atoms with Gasteiger partial charge in [0.05, 0.1) is 13.3 Å². The average molecular weight is 222 g/mol. The van der Waals surface area contributed by atoms with E-state index in [4.69, 9.17) is 0 Å². The minimum atomic E-state index is 1.04. The second-order valence-electron chi connectivity index (χ2n) is 4.51. The minimum Gasteiger partial charge on any atom is -0.364 e. The Hall–Kier alpha value is -1.00. The fourth-order valence-electron chi connectivity index (χ4n) is 2.28. The fourth-order valence-corrected chi connectivity index (χ4v) is 2.28. The Bertz CT molecular complexity index is 227. The predicted octanol–water partition coefficient (Wildman–Crippen LogP) is 0.424. The smallest absolute Gasteiger partial charge is 0.0702 e. The Morgan fingerprint density at radius 3 is 1.50 bits per heavy atom. The summed E-state index contributed by atoms with van der Waals surface area (Å²) in [6, 6.07) is 0. The van der Waals surface area contributed by atoms with Gasteiger partial charge in [0.2, 0.25) is 0 Å². The summed E-state index contributed by atoms with van der Waals surface area (Å²) in [5, 5.41) is 0. The molecule has 0 aromatic rings. The van der Waals surface area contributed by atoms with Gasteiger partial charge in [0.25, 0.3) is 0 Å². The van der Waals surface area contributed by atoms with Crippen LogP contribution < -0.4 is 0 Å². The summed E-state index contributed by atoms with van der Waals surface area (Å²) in [6.45, 7) is 16.6. The van der Waals surface area contributed by atoms with Crippen LogP contribution in [0.2, 0.25) is 0 Å². The summed E-state index contributed by atoms with van der Waals surface area (Å²) in [6.07, 6.45) is 3.88. The number of hydrogen-bond donors (Lipinski definition) is 0. The highest BCUT2D eigenvalue weighted by molar-refractivity contribution is 4.81. The molecule has 2 heterocycles. The largest absolute Gasteiger partial charge is 0.364 e. The van der Waals surface area contributed by atoms with Crippen molar-refractivity contribution in [1.29, 1.82) is 0 Å². The quantitative estimate of drug-likeness (QED) is 0.668. The van der Waals surface area contributed by atoms with Crippen LogP contribution >= 0.6 is 0 Å². The zero-order chi connectivity index (χ0) is 11.4. The maximum absolute atomic E-state index is 3.81. The van der Waals surface area contributed by atoms with E-state index in [1.807, 2.05) is 12.4 Å². The van der Waals surface area contributed by atoms with Crippen LogP contribution in [0.15, 0.2) is 25.6 Å². The highest BCUT2D eigenvalue weighted by Crippen LogP contribution is 2.07. The first-order valence-electron chi connectivity index (χ1n) is 6.00. The van der Waals surface area contributed by atoms with Gasteiger partial charge < -0.3 is 9.80 Å². The van der Waals surface area contributed by atoms with Gasteiger partial charge in [-0.15, -0.1) is 0 Å². The molecule has 0 aromatic heterocycles. The van der Waals surface area contributed by atoms with Crippen molar-refractivity contribution in [2.45, 2.75) is 0 Å². The van der Waals surface area contributed by atoms with Crippen LogP contribution in [0.5, 0.6) is 0 Å². The van der Waals surface area contributed by atoms with Crippen molar-refractivity contribution in [3.63, 3.8) is 0 Å². The van der Waals surface area contributed by atoms with E-state index in [1.54, 1.807) is 0 Å². The SMILES string of the molecule is C=CN1CCN(CCN2CCN(C=C)C2)C1. The molecule has 4 nitrogen and oxygen atoms in total. The van der Waals surface area contributed by atoms with E-state index in [9.17, 15) is 0 Å². The molecule has 2 aliphatic rings. The lowest BCUT2D eigenvalue weighted by atomic mass is 10.5. The Morgan fingerprint density at radius 1 is 0.750 bits per heavy atom. The van der Waals surface area contributed by atoms with E-state index < -0.39 is 0 Å². The van der Waals surface area contributed by atoms with E-state index in [0.717, 1.165) is 39.5 Å². The Balaban J connectivity index is 1.65. The molecule has 0 N–H and O–H groups in total. The van der Waals surface area contributed by atoms with Crippen molar-refractivity contribution in [1.82, 2.24) is 19.6 Å². The number of nitrogens with zero attached hydrogens (tertiary/aromatic N) is 4. The standard InChI is InChI=1S/C12H22N4/c1-3-13-5-7-15(11-13)9-10-16-8-6-14(4-2)12-16/h3-4H,1-2,5-12H2. The molecule has 2 fully saturated rings. The average Bonchev–Trinajstić information content (AvgIpc) is 2.95. The van der Waals surface area contributed by atoms with E-state index in [-0.39, 0.29) is 0 Å². The zero-order valence-electron chi connectivity index (χ0n) is 10.0. The number of rotatable bonds is 5. The first-order valence-corrected chi connectivity index (χ1v) is 6.00. The van der Waals surface area contributed by atoms with Crippen molar-refractivity contribution in [2.75, 3.05) is 52.6 Å². The number of hydrogen-bond acceptors (Lipinski definition) is 4. The Labute approximate surface area is 98.4 Å². The van der Waals surface area contributed by atoms with Crippen molar-refractivity contribution in [2.24, 2.45) is 0 Å². The third kappa shape index (κ3) is 2.77. The van der Waals surface area contributed by atoms with Crippen LogP contribution in [-0.2, 0) is 0 Å². The monoisotopic (exact) mass is 222 g/mol. The van der Waals surface area contributed by atoms with Crippen LogP contribution in [0, 0.1) is 0 Å². The van der Waals surface area contributed by atoms with Crippen LogP contribution in [0.1, 0.15) is 0 Å². The van der Waals surface area contributed by atoms with Crippen LogP contribution in [-0.4, -0.2) is 72.2 Å². The molecule has 2 rings (SSSR count). The molecule has 16 heavy (non-hydrogen) atoms. The maximum atomic E-state index is 3.81. The van der Waals surface area contributed by atoms with Crippen molar-refractivity contribution in [3.8, 4) is 0 Å². The molecule has 0 bridgehead atoms. The molecule has 0 atom stereocenters. The van der Waals surface area contributed by atoms with Gasteiger partial charge in [0.15, 0.2) is 0 Å². The van der Waals surface area contributed by atoms with Crippen molar-refractivity contribution in [3.05, 3.63) is 25.6 Å². The van der Waals surface area contributed by atoms with Gasteiger partial charge in [-0.25, -0.2) is 0 Å². The summed E-state index contributed by atoms with van der Waals surface area (Å²) in [7, 11) is 0. The van der Waals surface area contributed by atoms with Gasteiger partial charge in [0.1, 0.15) is 0 Å². The summed E-state index contributed by atoms with van der Waals surface area (Å²) in [5.41, 5.74) is 0. The van der Waals surface area contributed by atoms with Gasteiger partial charge in [-0.2, -0.15) is 0 Å². The highest BCUT2D eigenvalue weighted by Gasteiger charge is 2.20. The summed E-state index contributed by atoms with van der Waals surface area (Å²) in [5.74, 6) is 0. The van der Waals surface area contributed by atoms with Crippen molar-refractivity contribution >= 4 is 0 Å². The lowest BCUT2D eigenvalue weighted by Crippen LogP contribution is -2.34. The van der Waals surface area contributed by atoms with Gasteiger partial charge in [-0.1, -0.05) is 13.2 Å². The summed E-state index contributed by atoms with van der Waals surface area (Å²) in [4.78, 5) is 9.50. The molecule has 2 saturated heterocycles. The second kappa shape index (κ2) is 5.37. The molecule has 2 aliphatic heterocycles. The summed E-state index contributed by atoms with van der Waals surface area (Å²) >= 11 is 0. The Kier molecular flexibility index (Phi) is 3.85. The van der Waals surface area contributed by atoms with Gasteiger partial charge in [-0.3, -0.25) is 9.80 Å². The van der Waals surface area contributed by atoms with E-state index in [2.05, 4.69) is 32.8 Å². The predicted molar refractivity (Wildman–Crippen MR) is 66.7 cm³/mol. The van der Waals surface area contributed by atoms with E-state index in [0.29, 0.717) is 0 Å². The molecule has 90 valence electrons. The first kappa shape index (κ1) is 11.5.